The van der Waals surface area contributed by atoms with E-state index in [2.05, 4.69) is 27.8 Å². The molecule has 0 radical (unpaired) electrons. The number of piperidine rings is 1. The maximum Gasteiger partial charge on any atom is 0.316 e. The van der Waals surface area contributed by atoms with Gasteiger partial charge in [0.1, 0.15) is 24.2 Å². The maximum atomic E-state index is 12.5. The Morgan fingerprint density at radius 1 is 1.33 bits per heavy atom. The van der Waals surface area contributed by atoms with Gasteiger partial charge in [0, 0.05) is 24.9 Å². The lowest BCUT2D eigenvalue weighted by Gasteiger charge is -2.42. The van der Waals surface area contributed by atoms with E-state index in [-0.39, 0.29) is 18.7 Å². The highest BCUT2D eigenvalue weighted by molar-refractivity contribution is 9.09. The number of benzene rings is 1. The summed E-state index contributed by atoms with van der Waals surface area (Å²) in [4.78, 5) is 15.3. The van der Waals surface area contributed by atoms with Crippen LogP contribution in [0.3, 0.4) is 0 Å². The normalized spacial score (nSPS) is 36.7. The van der Waals surface area contributed by atoms with Crippen LogP contribution in [-0.4, -0.2) is 57.9 Å². The lowest BCUT2D eigenvalue weighted by atomic mass is 9.97. The monoisotopic (exact) mass is 395 g/mol. The van der Waals surface area contributed by atoms with Gasteiger partial charge in [-0.3, -0.25) is 9.69 Å². The fourth-order valence-electron chi connectivity index (χ4n) is 4.36. The number of fused-ring (bicyclic) bond motifs is 5. The molecule has 2 bridgehead atoms. The molecule has 6 atom stereocenters. The lowest BCUT2D eigenvalue weighted by molar-refractivity contribution is -0.157. The molecule has 1 N–H and O–H groups in total. The number of aliphatic hydroxyl groups excluding tert-OH is 1. The van der Waals surface area contributed by atoms with Crippen molar-refractivity contribution in [2.24, 2.45) is 0 Å². The van der Waals surface area contributed by atoms with Crippen molar-refractivity contribution in [3.8, 4) is 0 Å². The number of nitrogens with zero attached hydrogens (tertiary/aromatic N) is 1. The van der Waals surface area contributed by atoms with E-state index in [9.17, 15) is 9.90 Å². The van der Waals surface area contributed by atoms with Crippen molar-refractivity contribution in [1.29, 1.82) is 0 Å². The van der Waals surface area contributed by atoms with Crippen molar-refractivity contribution in [2.75, 3.05) is 6.61 Å². The average molecular weight is 396 g/mol. The summed E-state index contributed by atoms with van der Waals surface area (Å²) in [7, 11) is 0. The quantitative estimate of drug-likeness (QED) is 0.357. The standard InChI is InChI=1S/C18H22BrNO4/c1-10(19)20-14-7-12(8-15(20)17-16(14)24-17)23-18(22)13(9-21)11-5-3-2-4-6-11/h2-6,10,12-17,21H,7-9H2,1H3. The first kappa shape index (κ1) is 16.5. The molecule has 0 amide bonds. The zero-order valence-corrected chi connectivity index (χ0v) is 15.1. The number of carbonyl (C=O) groups is 1. The number of aliphatic hydroxyl groups is 1. The number of rotatable bonds is 5. The molecule has 1 aromatic carbocycles. The molecule has 5 nitrogen and oxygen atoms in total. The van der Waals surface area contributed by atoms with Crippen molar-refractivity contribution in [3.05, 3.63) is 35.9 Å². The number of hydrogen-bond acceptors (Lipinski definition) is 5. The Labute approximate surface area is 150 Å². The molecule has 3 saturated heterocycles. The number of alkyl halides is 1. The predicted octanol–water partition coefficient (Wildman–Crippen LogP) is 2.03. The van der Waals surface area contributed by atoms with Crippen LogP contribution in [0, 0.1) is 0 Å². The van der Waals surface area contributed by atoms with Crippen LogP contribution >= 0.6 is 15.9 Å². The van der Waals surface area contributed by atoms with Crippen LogP contribution in [0.4, 0.5) is 0 Å². The molecule has 3 fully saturated rings. The van der Waals surface area contributed by atoms with Crippen LogP contribution in [0.5, 0.6) is 0 Å². The van der Waals surface area contributed by atoms with E-state index in [1.807, 2.05) is 30.3 Å². The van der Waals surface area contributed by atoms with Crippen LogP contribution in [0.15, 0.2) is 30.3 Å². The summed E-state index contributed by atoms with van der Waals surface area (Å²) in [5, 5.41) is 9.62. The summed E-state index contributed by atoms with van der Waals surface area (Å²) >= 11 is 3.67. The van der Waals surface area contributed by atoms with Crippen molar-refractivity contribution < 1.29 is 19.4 Å². The van der Waals surface area contributed by atoms with Gasteiger partial charge < -0.3 is 14.6 Å². The van der Waals surface area contributed by atoms with Crippen LogP contribution in [0.25, 0.3) is 0 Å². The van der Waals surface area contributed by atoms with Crippen molar-refractivity contribution in [1.82, 2.24) is 4.90 Å². The molecule has 3 aliphatic rings. The van der Waals surface area contributed by atoms with Gasteiger partial charge in [-0.1, -0.05) is 46.3 Å². The van der Waals surface area contributed by atoms with E-state index in [1.165, 1.54) is 0 Å². The summed E-state index contributed by atoms with van der Waals surface area (Å²) in [6.07, 6.45) is 2.09. The Bertz CT molecular complexity index is 592. The fourth-order valence-corrected chi connectivity index (χ4v) is 4.97. The second-order valence-corrected chi connectivity index (χ2v) is 8.22. The Balaban J connectivity index is 1.42. The van der Waals surface area contributed by atoms with Gasteiger partial charge in [-0.25, -0.2) is 0 Å². The highest BCUT2D eigenvalue weighted by Crippen LogP contribution is 2.50. The summed E-state index contributed by atoms with van der Waals surface area (Å²) < 4.78 is 11.5. The molecule has 6 heteroatoms. The van der Waals surface area contributed by atoms with Crippen molar-refractivity contribution >= 4 is 21.9 Å². The summed E-state index contributed by atoms with van der Waals surface area (Å²) in [5.74, 6) is -0.939. The molecule has 0 spiro atoms. The molecule has 0 saturated carbocycles. The molecule has 24 heavy (non-hydrogen) atoms. The van der Waals surface area contributed by atoms with Crippen molar-refractivity contribution in [3.63, 3.8) is 0 Å². The van der Waals surface area contributed by atoms with Gasteiger partial charge in [0.15, 0.2) is 0 Å². The first-order valence-electron chi connectivity index (χ1n) is 8.53. The summed E-state index contributed by atoms with van der Waals surface area (Å²) in [6.45, 7) is 1.90. The van der Waals surface area contributed by atoms with Crippen LogP contribution < -0.4 is 0 Å². The topological polar surface area (TPSA) is 62.3 Å². The number of morpholine rings is 1. The molecule has 4 rings (SSSR count). The number of epoxide rings is 1. The van der Waals surface area contributed by atoms with E-state index in [0.29, 0.717) is 29.2 Å². The molecule has 3 heterocycles. The van der Waals surface area contributed by atoms with Gasteiger partial charge in [0.05, 0.1) is 11.6 Å². The smallest absolute Gasteiger partial charge is 0.316 e. The molecule has 3 aliphatic heterocycles. The average Bonchev–Trinajstić information content (AvgIpc) is 3.32. The van der Waals surface area contributed by atoms with Crippen molar-refractivity contribution in [2.45, 2.75) is 61.0 Å². The number of halogens is 1. The van der Waals surface area contributed by atoms with E-state index in [1.54, 1.807) is 0 Å². The van der Waals surface area contributed by atoms with Crippen LogP contribution in [-0.2, 0) is 14.3 Å². The van der Waals surface area contributed by atoms with Gasteiger partial charge >= 0.3 is 5.97 Å². The number of carbonyl (C=O) groups excluding carboxylic acids is 1. The summed E-state index contributed by atoms with van der Waals surface area (Å²) in [6, 6.07) is 9.95. The van der Waals surface area contributed by atoms with Gasteiger partial charge in [-0.15, -0.1) is 0 Å². The van der Waals surface area contributed by atoms with E-state index in [0.717, 1.165) is 18.4 Å². The SMILES string of the molecule is CC(Br)N1C2CC(OC(=O)C(CO)c3ccccc3)CC1C1OC12. The summed E-state index contributed by atoms with van der Waals surface area (Å²) in [5.41, 5.74) is 0.797. The second kappa shape index (κ2) is 6.41. The third-order valence-electron chi connectivity index (χ3n) is 5.46. The van der Waals surface area contributed by atoms with E-state index < -0.39 is 5.92 Å². The minimum Gasteiger partial charge on any atom is -0.462 e. The maximum absolute atomic E-state index is 12.5. The molecular formula is C18H22BrNO4. The third-order valence-corrected chi connectivity index (χ3v) is 5.93. The first-order chi connectivity index (χ1) is 11.6. The fraction of sp³-hybridized carbons (Fsp3) is 0.611. The zero-order chi connectivity index (χ0) is 16.8. The molecule has 0 aliphatic carbocycles. The Kier molecular flexibility index (Phi) is 4.41. The molecule has 1 aromatic rings. The number of hydrogen-bond donors (Lipinski definition) is 1. The Morgan fingerprint density at radius 3 is 2.50 bits per heavy atom. The van der Waals surface area contributed by atoms with Crippen LogP contribution in [0.1, 0.15) is 31.2 Å². The Morgan fingerprint density at radius 2 is 1.96 bits per heavy atom. The first-order valence-corrected chi connectivity index (χ1v) is 9.45. The minimum atomic E-state index is -0.609. The van der Waals surface area contributed by atoms with Gasteiger partial charge in [-0.2, -0.15) is 0 Å². The second-order valence-electron chi connectivity index (χ2n) is 6.90. The largest absolute Gasteiger partial charge is 0.462 e. The zero-order valence-electron chi connectivity index (χ0n) is 13.5. The highest BCUT2D eigenvalue weighted by atomic mass is 79.9. The third kappa shape index (κ3) is 2.79. The van der Waals surface area contributed by atoms with Gasteiger partial charge in [0.25, 0.3) is 0 Å². The Hall–Kier alpha value is -0.950. The molecule has 0 aromatic heterocycles. The number of ether oxygens (including phenoxy) is 2. The number of esters is 1. The minimum absolute atomic E-state index is 0.0934. The highest BCUT2D eigenvalue weighted by Gasteiger charge is 2.64. The lowest BCUT2D eigenvalue weighted by Crippen LogP contribution is -2.52. The van der Waals surface area contributed by atoms with E-state index in [4.69, 9.17) is 9.47 Å². The predicted molar refractivity (Wildman–Crippen MR) is 91.8 cm³/mol. The molecule has 6 unspecified atom stereocenters. The van der Waals surface area contributed by atoms with Gasteiger partial charge in [-0.05, 0) is 12.5 Å². The molecule has 130 valence electrons. The van der Waals surface area contributed by atoms with Crippen LogP contribution in [0.2, 0.25) is 0 Å². The van der Waals surface area contributed by atoms with Gasteiger partial charge in [0.2, 0.25) is 0 Å². The molecular weight excluding hydrogens is 374 g/mol. The van der Waals surface area contributed by atoms with E-state index >= 15 is 0 Å².